The van der Waals surface area contributed by atoms with Crippen molar-refractivity contribution >= 4 is 124 Å². The molecule has 148 heavy (non-hydrogen) atoms. The zero-order valence-electron chi connectivity index (χ0n) is 87.5. The minimum atomic E-state index is -2.09. The minimum absolute atomic E-state index is 0.00234. The van der Waals surface area contributed by atoms with Gasteiger partial charge in [-0.2, -0.15) is 0 Å². The number of aliphatic hydroxyl groups is 3. The zero-order valence-corrected chi connectivity index (χ0v) is 87.5. The number of aromatic hydroxyl groups is 1. The van der Waals surface area contributed by atoms with Crippen LogP contribution in [-0.4, -0.2) is 345 Å². The highest BCUT2D eigenvalue weighted by Crippen LogP contribution is 2.24. The van der Waals surface area contributed by atoms with Gasteiger partial charge in [-0.25, -0.2) is 4.79 Å². The van der Waals surface area contributed by atoms with Gasteiger partial charge in [0.15, 0.2) is 0 Å². The lowest BCUT2D eigenvalue weighted by Gasteiger charge is -2.31. The Kier molecular flexibility index (Phi) is 59.2. The number of phenols is 1. The van der Waals surface area contributed by atoms with Gasteiger partial charge in [0.25, 0.3) is 0 Å². The highest BCUT2D eigenvalue weighted by molar-refractivity contribution is 6.02. The van der Waals surface area contributed by atoms with E-state index in [0.29, 0.717) is 83.7 Å². The van der Waals surface area contributed by atoms with Gasteiger partial charge in [-0.05, 0) is 216 Å². The first-order valence-electron chi connectivity index (χ1n) is 51.2. The van der Waals surface area contributed by atoms with Crippen LogP contribution in [0.25, 0.3) is 0 Å². The lowest BCUT2D eigenvalue weighted by molar-refractivity contribution is -0.143. The molecule has 0 saturated carbocycles. The van der Waals surface area contributed by atoms with Crippen LogP contribution in [0.2, 0.25) is 0 Å². The molecule has 3 rings (SSSR count). The van der Waals surface area contributed by atoms with Crippen molar-refractivity contribution in [3.05, 3.63) is 29.8 Å². The van der Waals surface area contributed by atoms with Crippen molar-refractivity contribution in [3.63, 3.8) is 0 Å². The highest BCUT2D eigenvalue weighted by atomic mass is 16.4. The van der Waals surface area contributed by atoms with Crippen LogP contribution in [0.1, 0.15) is 237 Å². The molecule has 836 valence electrons. The topological polar surface area (TPSA) is 821 Å². The Morgan fingerprint density at radius 2 is 0.736 bits per heavy atom. The van der Waals surface area contributed by atoms with E-state index in [-0.39, 0.29) is 113 Å². The molecule has 0 bridgehead atoms. The average molecular weight is 2100 g/mol. The molecule has 33 N–H and O–H groups in total. The number of phenolic OH excluding ortho intramolecular Hbond substituents is 1. The second-order valence-corrected chi connectivity index (χ2v) is 39.5. The summed E-state index contributed by atoms with van der Waals surface area (Å²) in [5.74, 6) is -22.7. The van der Waals surface area contributed by atoms with Crippen molar-refractivity contribution in [1.82, 2.24) is 100 Å². The normalized spacial score (nSPS) is 17.1. The third-order valence-corrected chi connectivity index (χ3v) is 25.1. The lowest BCUT2D eigenvalue weighted by atomic mass is 9.95. The maximum absolute atomic E-state index is 15.1. The maximum atomic E-state index is 15.1. The molecule has 0 unspecified atom stereocenters. The fourth-order valence-electron chi connectivity index (χ4n) is 16.5. The number of nitrogens with zero attached hydrogens (tertiary/aromatic N) is 2. The molecule has 1 aromatic carbocycles. The number of nitrogens with one attached hydrogen (secondary N) is 17. The number of likely N-dealkylation sites (tertiary alicyclic amines) is 2. The molecule has 1 aromatic rings. The molecule has 0 aliphatic carbocycles. The van der Waals surface area contributed by atoms with Crippen molar-refractivity contribution in [3.8, 4) is 5.75 Å². The van der Waals surface area contributed by atoms with Crippen LogP contribution < -0.4 is 119 Å². The number of unbranched alkanes of at least 4 members (excludes halogenated alkanes) is 4. The van der Waals surface area contributed by atoms with Crippen molar-refractivity contribution in [2.75, 3.05) is 65.6 Å². The summed E-state index contributed by atoms with van der Waals surface area (Å²) in [5.41, 5.74) is 29.5. The van der Waals surface area contributed by atoms with E-state index in [9.17, 15) is 127 Å². The summed E-state index contributed by atoms with van der Waals surface area (Å²) in [4.78, 5) is 294. The number of rotatable bonds is 70. The number of carboxylic acid groups (broad SMARTS) is 2. The molecule has 0 aromatic heterocycles. The number of aliphatic carboxylic acids is 2. The SMILES string of the molecule is CC[C@H](C)[C@H](NC(=O)[C@H](CC(C)C)NC(=O)[C@H](CC(C)C)NC(=O)[C@H](CCCCN)NC(=O)[C@@H]1CCCN1C(=O)[C@H](C)NC(=O)[C@H](CCCCN)NC(=O)CNC(=O)[C@@H]1CCCN1C(=O)[C@@H](N)CCCCN)C(=O)N[C@@H](Cc1ccc(O)cc1)C(=O)N[C@@H](CCC(=O)O)C(=O)N[C@H](C(=O)N[C@@H](CO)C(=O)N[C@@H](CCCCN)C(=O)N[C@@H](CC(C)C)C(=O)N[C@@H](C)C(=O)N[C@@H](CO)C(=O)NCC(=O)N[C@H](C(=O)O)C(C)C)[C@@H](C)O. The number of nitrogens with two attached hydrogens (primary N) is 5. The van der Waals surface area contributed by atoms with Crippen molar-refractivity contribution in [1.29, 1.82) is 0 Å². The van der Waals surface area contributed by atoms with E-state index in [1.165, 1.54) is 61.8 Å². The molecule has 51 nitrogen and oxygen atoms in total. The largest absolute Gasteiger partial charge is 0.508 e. The summed E-state index contributed by atoms with van der Waals surface area (Å²) in [6.07, 6.45) is 1.09. The number of carbonyl (C=O) groups is 21. The van der Waals surface area contributed by atoms with Crippen LogP contribution in [-0.2, 0) is 107 Å². The first-order valence-corrected chi connectivity index (χ1v) is 51.2. The van der Waals surface area contributed by atoms with Gasteiger partial charge in [0.1, 0.15) is 108 Å². The van der Waals surface area contributed by atoms with Gasteiger partial charge in [0, 0.05) is 25.9 Å². The number of carbonyl (C=O) groups excluding carboxylic acids is 19. The van der Waals surface area contributed by atoms with Crippen molar-refractivity contribution in [2.24, 2.45) is 58.3 Å². The smallest absolute Gasteiger partial charge is 0.326 e. The van der Waals surface area contributed by atoms with Crippen LogP contribution in [0.15, 0.2) is 24.3 Å². The van der Waals surface area contributed by atoms with Gasteiger partial charge in [0.2, 0.25) is 112 Å². The Bertz CT molecular complexity index is 4530. The van der Waals surface area contributed by atoms with E-state index in [4.69, 9.17) is 28.7 Å². The molecule has 51 heteroatoms. The van der Waals surface area contributed by atoms with Crippen LogP contribution in [0, 0.1) is 29.6 Å². The van der Waals surface area contributed by atoms with Gasteiger partial charge in [0.05, 0.1) is 38.4 Å². The fourth-order valence-corrected chi connectivity index (χ4v) is 16.5. The molecule has 2 aliphatic heterocycles. The second-order valence-electron chi connectivity index (χ2n) is 39.5. The number of hydrogen-bond donors (Lipinski definition) is 28. The minimum Gasteiger partial charge on any atom is -0.508 e. The van der Waals surface area contributed by atoms with E-state index < -0.39 is 296 Å². The van der Waals surface area contributed by atoms with E-state index in [2.05, 4.69) is 90.4 Å². The molecule has 0 radical (unpaired) electrons. The molecule has 19 amide bonds. The summed E-state index contributed by atoms with van der Waals surface area (Å²) in [6.45, 7) is 18.3. The summed E-state index contributed by atoms with van der Waals surface area (Å²) in [6, 6.07) is -20.9. The van der Waals surface area contributed by atoms with Crippen molar-refractivity contribution in [2.45, 2.75) is 353 Å². The summed E-state index contributed by atoms with van der Waals surface area (Å²) >= 11 is 0. The number of aliphatic hydroxyl groups excluding tert-OH is 3. The van der Waals surface area contributed by atoms with Crippen molar-refractivity contribution < 1.29 is 131 Å². The molecule has 0 spiro atoms. The lowest BCUT2D eigenvalue weighted by Crippen LogP contribution is -2.63. The second kappa shape index (κ2) is 67.5. The van der Waals surface area contributed by atoms with E-state index >= 15 is 4.79 Å². The van der Waals surface area contributed by atoms with Crippen LogP contribution in [0.5, 0.6) is 5.75 Å². The highest BCUT2D eigenvalue weighted by Gasteiger charge is 2.44. The van der Waals surface area contributed by atoms with Gasteiger partial charge in [-0.15, -0.1) is 0 Å². The fraction of sp³-hybridized carbons (Fsp3) is 0.722. The Morgan fingerprint density at radius 3 is 1.20 bits per heavy atom. The molecular weight excluding hydrogens is 1930 g/mol. The average Bonchev–Trinajstić information content (AvgIpc) is 1.66. The van der Waals surface area contributed by atoms with Gasteiger partial charge >= 0.3 is 11.9 Å². The standard InChI is InChI=1S/C97H166N24O27/c1-14-55(10)78(118-89(139)68(45-53(6)7)113-87(137)67(44-52(4)5)112-84(134)64(28-18-22-40-101)110-92(142)73-30-24-41-120(73)95(145)57(12)106-82(132)62(26-16-20-38-99)107-74(126)47-104-91(141)72-29-23-42-121(72)96(146)61(102)25-15-19-37-98)93(143)114-69(46-59-31-33-60(125)34-32-59)88(138)109-65(35-36-76(128)129)85(135)119-79(58(13)124)94(144)116-71(50-123)90(140)108-63(27-17-21-39-100)83(133)111-66(43-51(2)3)86(136)105-56(11)80(130)115-70(49-122)81(131)103-48-75(127)117-77(54(8)9)97(147)148/h31-34,51-58,61-73,77-79,122-125H,14-30,35-50,98-102H2,1-13H3,(H,103,131)(H,104,141)(H,105,136)(H,106,132)(H,107,126)(H,108,140)(H,109,138)(H,110,142)(H,111,133)(H,112,134)(H,113,137)(H,114,143)(H,115,130)(H,116,144)(H,117,127)(H,118,139)(H,119,135)(H,128,129)(H,147,148)/t55-,56-,57-,58+,61-,62-,63-,64-,65-,66-,67-,68-,69-,70-,71-,72-,73-,77-,78-,79-/m0/s1. The Balaban J connectivity index is 1.89. The van der Waals surface area contributed by atoms with Crippen LogP contribution in [0.4, 0.5) is 0 Å². The molecule has 2 saturated heterocycles. The quantitative estimate of drug-likeness (QED) is 0.0270. The molecular formula is C97H166N24O27. The summed E-state index contributed by atoms with van der Waals surface area (Å²) in [7, 11) is 0. The van der Waals surface area contributed by atoms with Gasteiger partial charge in [-0.1, -0.05) is 94.2 Å². The number of amides is 19. The Morgan fingerprint density at radius 1 is 0.372 bits per heavy atom. The number of hydrogen-bond acceptors (Lipinski definition) is 30. The van der Waals surface area contributed by atoms with Crippen LogP contribution in [0.3, 0.4) is 0 Å². The van der Waals surface area contributed by atoms with Crippen LogP contribution >= 0.6 is 0 Å². The monoisotopic (exact) mass is 2100 g/mol. The predicted molar refractivity (Wildman–Crippen MR) is 540 cm³/mol. The first-order chi connectivity index (χ1) is 69.8. The third kappa shape index (κ3) is 45.7. The molecule has 2 heterocycles. The maximum Gasteiger partial charge on any atom is 0.326 e. The number of benzene rings is 1. The van der Waals surface area contributed by atoms with Gasteiger partial charge < -0.3 is 159 Å². The Labute approximate surface area is 863 Å². The molecule has 2 aliphatic rings. The number of carboxylic acids is 2. The zero-order chi connectivity index (χ0) is 111. The summed E-state index contributed by atoms with van der Waals surface area (Å²) < 4.78 is 0. The van der Waals surface area contributed by atoms with E-state index in [0.717, 1.165) is 6.92 Å². The predicted octanol–water partition coefficient (Wildman–Crippen LogP) is -6.54. The molecule has 2 fully saturated rings. The summed E-state index contributed by atoms with van der Waals surface area (Å²) in [5, 5.41) is 104. The first kappa shape index (κ1) is 130. The Hall–Kier alpha value is -12.4. The van der Waals surface area contributed by atoms with E-state index in [1.807, 2.05) is 0 Å². The third-order valence-electron chi connectivity index (χ3n) is 25.1. The van der Waals surface area contributed by atoms with E-state index in [1.54, 1.807) is 55.4 Å². The van der Waals surface area contributed by atoms with Gasteiger partial charge in [-0.3, -0.25) is 95.9 Å². The molecule has 20 atom stereocenters.